The van der Waals surface area contributed by atoms with Gasteiger partial charge in [0.2, 0.25) is 5.91 Å². The Hall–Kier alpha value is -2.43. The van der Waals surface area contributed by atoms with Gasteiger partial charge in [0.25, 0.3) is 5.56 Å². The Morgan fingerprint density at radius 3 is 2.67 bits per heavy atom. The van der Waals surface area contributed by atoms with E-state index in [1.165, 1.54) is 19.3 Å². The zero-order valence-corrected chi connectivity index (χ0v) is 15.9. The molecule has 2 aromatic rings. The van der Waals surface area contributed by atoms with E-state index in [2.05, 4.69) is 22.1 Å². The molecule has 5 heteroatoms. The smallest absolute Gasteiger partial charge is 0.256 e. The third kappa shape index (κ3) is 3.68. The number of carbonyl (C=O) groups excluding carboxylic acids is 1. The first kappa shape index (κ1) is 18.0. The molecule has 1 aliphatic carbocycles. The van der Waals surface area contributed by atoms with E-state index in [4.69, 9.17) is 0 Å². The summed E-state index contributed by atoms with van der Waals surface area (Å²) < 4.78 is 0. The second-order valence-electron chi connectivity index (χ2n) is 7.87. The zero-order chi connectivity index (χ0) is 18.8. The van der Waals surface area contributed by atoms with E-state index in [1.807, 2.05) is 23.1 Å². The fourth-order valence-electron chi connectivity index (χ4n) is 4.68. The number of aromatic nitrogens is 2. The van der Waals surface area contributed by atoms with Gasteiger partial charge in [-0.2, -0.15) is 0 Å². The average Bonchev–Trinajstić information content (AvgIpc) is 2.69. The van der Waals surface area contributed by atoms with Crippen LogP contribution in [0, 0.1) is 12.8 Å². The normalized spacial score (nSPS) is 18.8. The molecule has 0 radical (unpaired) electrons. The predicted octanol–water partition coefficient (Wildman–Crippen LogP) is 3.33. The second-order valence-corrected chi connectivity index (χ2v) is 7.87. The Kier molecular flexibility index (Phi) is 5.10. The van der Waals surface area contributed by atoms with E-state index >= 15 is 0 Å². The predicted molar refractivity (Wildman–Crippen MR) is 104 cm³/mol. The van der Waals surface area contributed by atoms with Crippen LogP contribution in [0.1, 0.15) is 60.7 Å². The highest BCUT2D eigenvalue weighted by atomic mass is 16.2. The van der Waals surface area contributed by atoms with Crippen LogP contribution < -0.4 is 5.56 Å². The first-order valence-electron chi connectivity index (χ1n) is 10.1. The minimum absolute atomic E-state index is 0.106. The summed E-state index contributed by atoms with van der Waals surface area (Å²) >= 11 is 0. The molecule has 5 nitrogen and oxygen atoms in total. The van der Waals surface area contributed by atoms with Crippen LogP contribution in [0.15, 0.2) is 35.1 Å². The van der Waals surface area contributed by atoms with Crippen molar-refractivity contribution in [2.45, 2.75) is 57.9 Å². The minimum Gasteiger partial charge on any atom is -0.337 e. The Morgan fingerprint density at radius 2 is 1.93 bits per heavy atom. The summed E-state index contributed by atoms with van der Waals surface area (Å²) in [6.45, 7) is 2.80. The van der Waals surface area contributed by atoms with Crippen LogP contribution in [0.3, 0.4) is 0 Å². The third-order valence-electron chi connectivity index (χ3n) is 6.04. The number of benzene rings is 1. The van der Waals surface area contributed by atoms with Crippen molar-refractivity contribution in [2.24, 2.45) is 5.92 Å². The number of aryl methyl sites for hydroxylation is 1. The van der Waals surface area contributed by atoms with Gasteiger partial charge in [-0.05, 0) is 31.2 Å². The van der Waals surface area contributed by atoms with Crippen molar-refractivity contribution in [2.75, 3.05) is 6.54 Å². The molecule has 0 bridgehead atoms. The molecule has 4 rings (SSSR count). The molecule has 1 N–H and O–H groups in total. The highest BCUT2D eigenvalue weighted by Gasteiger charge is 2.35. The van der Waals surface area contributed by atoms with Crippen molar-refractivity contribution in [3.8, 4) is 0 Å². The molecule has 27 heavy (non-hydrogen) atoms. The SMILES string of the molecule is Cc1nc2c(c(=O)[nH]1)CN(C(=O)[C@@H](c1ccccc1)C1CCCCC1)CC2. The van der Waals surface area contributed by atoms with Crippen LogP contribution in [-0.2, 0) is 17.8 Å². The first-order valence-corrected chi connectivity index (χ1v) is 10.1. The van der Waals surface area contributed by atoms with Gasteiger partial charge in [0.15, 0.2) is 0 Å². The molecule has 0 unspecified atom stereocenters. The molecule has 1 saturated carbocycles. The average molecular weight is 365 g/mol. The maximum absolute atomic E-state index is 13.6. The molecule has 2 aliphatic rings. The molecule has 1 fully saturated rings. The van der Waals surface area contributed by atoms with Crippen molar-refractivity contribution in [1.82, 2.24) is 14.9 Å². The highest BCUT2D eigenvalue weighted by molar-refractivity contribution is 5.84. The Bertz CT molecular complexity index is 869. The molecule has 2 heterocycles. The zero-order valence-electron chi connectivity index (χ0n) is 15.9. The number of H-pyrrole nitrogens is 1. The molecule has 1 aromatic carbocycles. The van der Waals surface area contributed by atoms with E-state index < -0.39 is 0 Å². The molecular weight excluding hydrogens is 338 g/mol. The number of nitrogens with zero attached hydrogens (tertiary/aromatic N) is 2. The first-order chi connectivity index (χ1) is 13.1. The number of aromatic amines is 1. The lowest BCUT2D eigenvalue weighted by Crippen LogP contribution is -2.43. The molecule has 0 spiro atoms. The van der Waals surface area contributed by atoms with Crippen LogP contribution in [-0.4, -0.2) is 27.3 Å². The Balaban J connectivity index is 1.63. The summed E-state index contributed by atoms with van der Waals surface area (Å²) in [4.78, 5) is 35.1. The van der Waals surface area contributed by atoms with Gasteiger partial charge in [0.05, 0.1) is 23.7 Å². The number of carbonyl (C=O) groups is 1. The van der Waals surface area contributed by atoms with Gasteiger partial charge in [0, 0.05) is 13.0 Å². The molecule has 1 amide bonds. The van der Waals surface area contributed by atoms with Crippen molar-refractivity contribution in [3.05, 3.63) is 63.3 Å². The van der Waals surface area contributed by atoms with E-state index in [0.717, 1.165) is 24.1 Å². The van der Waals surface area contributed by atoms with E-state index in [1.54, 1.807) is 6.92 Å². The maximum Gasteiger partial charge on any atom is 0.256 e. The van der Waals surface area contributed by atoms with Gasteiger partial charge < -0.3 is 9.88 Å². The molecule has 1 aromatic heterocycles. The largest absolute Gasteiger partial charge is 0.337 e. The summed E-state index contributed by atoms with van der Waals surface area (Å²) in [7, 11) is 0. The van der Waals surface area contributed by atoms with Gasteiger partial charge in [-0.15, -0.1) is 0 Å². The second kappa shape index (κ2) is 7.67. The topological polar surface area (TPSA) is 66.1 Å². The molecular formula is C22H27N3O2. The summed E-state index contributed by atoms with van der Waals surface area (Å²) in [5.74, 6) is 1.09. The summed E-state index contributed by atoms with van der Waals surface area (Å²) in [6, 6.07) is 10.2. The maximum atomic E-state index is 13.6. The van der Waals surface area contributed by atoms with Crippen molar-refractivity contribution in [3.63, 3.8) is 0 Å². The van der Waals surface area contributed by atoms with Crippen molar-refractivity contribution >= 4 is 5.91 Å². The van der Waals surface area contributed by atoms with Crippen LogP contribution in [0.5, 0.6) is 0 Å². The van der Waals surface area contributed by atoms with Crippen LogP contribution in [0.2, 0.25) is 0 Å². The number of hydrogen-bond acceptors (Lipinski definition) is 3. The monoisotopic (exact) mass is 365 g/mol. The lowest BCUT2D eigenvalue weighted by molar-refractivity contribution is -0.135. The van der Waals surface area contributed by atoms with Gasteiger partial charge in [-0.1, -0.05) is 49.6 Å². The van der Waals surface area contributed by atoms with Crippen LogP contribution >= 0.6 is 0 Å². The Morgan fingerprint density at radius 1 is 1.19 bits per heavy atom. The number of rotatable bonds is 3. The van der Waals surface area contributed by atoms with Gasteiger partial charge in [0.1, 0.15) is 5.82 Å². The number of hydrogen-bond donors (Lipinski definition) is 1. The number of nitrogens with one attached hydrogen (secondary N) is 1. The van der Waals surface area contributed by atoms with Crippen LogP contribution in [0.4, 0.5) is 0 Å². The summed E-state index contributed by atoms with van der Waals surface area (Å²) in [5, 5.41) is 0. The van der Waals surface area contributed by atoms with E-state index in [9.17, 15) is 9.59 Å². The van der Waals surface area contributed by atoms with Crippen LogP contribution in [0.25, 0.3) is 0 Å². The van der Waals surface area contributed by atoms with Crippen molar-refractivity contribution in [1.29, 1.82) is 0 Å². The minimum atomic E-state index is -0.107. The lowest BCUT2D eigenvalue weighted by atomic mass is 9.76. The highest BCUT2D eigenvalue weighted by Crippen LogP contribution is 2.38. The van der Waals surface area contributed by atoms with E-state index in [-0.39, 0.29) is 17.4 Å². The third-order valence-corrected chi connectivity index (χ3v) is 6.04. The van der Waals surface area contributed by atoms with E-state index in [0.29, 0.717) is 36.8 Å². The van der Waals surface area contributed by atoms with Gasteiger partial charge in [-0.3, -0.25) is 9.59 Å². The fraction of sp³-hybridized carbons (Fsp3) is 0.500. The molecule has 1 aliphatic heterocycles. The summed E-state index contributed by atoms with van der Waals surface area (Å²) in [6.07, 6.45) is 6.54. The molecule has 142 valence electrons. The molecule has 1 atom stereocenters. The van der Waals surface area contributed by atoms with Gasteiger partial charge in [-0.25, -0.2) is 4.98 Å². The fourth-order valence-corrected chi connectivity index (χ4v) is 4.68. The quantitative estimate of drug-likeness (QED) is 0.907. The standard InChI is InChI=1S/C22H27N3O2/c1-15-23-19-12-13-25(14-18(19)21(26)24-15)22(27)20(16-8-4-2-5-9-16)17-10-6-3-7-11-17/h2,4-5,8-9,17,20H,3,6-7,10-14H2,1H3,(H,23,24,26)/t20-/m0/s1. The van der Waals surface area contributed by atoms with Crippen molar-refractivity contribution < 1.29 is 4.79 Å². The number of amides is 1. The molecule has 0 saturated heterocycles. The Labute approximate surface area is 159 Å². The van der Waals surface area contributed by atoms with Gasteiger partial charge >= 0.3 is 0 Å². The summed E-state index contributed by atoms with van der Waals surface area (Å²) in [5.41, 5.74) is 2.49. The lowest BCUT2D eigenvalue weighted by Gasteiger charge is -2.35. The number of fused-ring (bicyclic) bond motifs is 1.